The van der Waals surface area contributed by atoms with Crippen LogP contribution < -0.4 is 0 Å². The van der Waals surface area contributed by atoms with Crippen LogP contribution in [-0.4, -0.2) is 46.3 Å². The number of hydrogen-bond acceptors (Lipinski definition) is 4. The minimum absolute atomic E-state index is 0.152. The number of ether oxygens (including phenoxy) is 1. The lowest BCUT2D eigenvalue weighted by Crippen LogP contribution is -2.37. The Kier molecular flexibility index (Phi) is 7.09. The fraction of sp³-hybridized carbons (Fsp3) is 0.476. The molecule has 0 bridgehead atoms. The minimum atomic E-state index is -0.609. The van der Waals surface area contributed by atoms with Crippen LogP contribution in [-0.2, 0) is 16.1 Å². The van der Waals surface area contributed by atoms with Gasteiger partial charge in [-0.15, -0.1) is 0 Å². The van der Waals surface area contributed by atoms with E-state index >= 15 is 0 Å². The molecule has 1 aromatic heterocycles. The van der Waals surface area contributed by atoms with E-state index in [1.54, 1.807) is 16.5 Å². The van der Waals surface area contributed by atoms with Gasteiger partial charge >= 0.3 is 5.97 Å². The molecule has 1 saturated heterocycles. The molecule has 0 saturated carbocycles. The van der Waals surface area contributed by atoms with Gasteiger partial charge in [0.2, 0.25) is 0 Å². The van der Waals surface area contributed by atoms with Crippen LogP contribution in [0.1, 0.15) is 53.7 Å². The lowest BCUT2D eigenvalue weighted by molar-refractivity contribution is -0.134. The molecule has 1 aromatic carbocycles. The van der Waals surface area contributed by atoms with E-state index in [-0.39, 0.29) is 23.2 Å². The summed E-state index contributed by atoms with van der Waals surface area (Å²) >= 11 is 6.38. The van der Waals surface area contributed by atoms with Crippen LogP contribution in [0.2, 0.25) is 5.15 Å². The molecule has 2 heterocycles. The quantitative estimate of drug-likeness (QED) is 0.711. The number of aryl methyl sites for hydroxylation is 1. The van der Waals surface area contributed by atoms with Gasteiger partial charge in [-0.1, -0.05) is 61.2 Å². The van der Waals surface area contributed by atoms with Gasteiger partial charge in [-0.3, -0.25) is 4.79 Å². The number of esters is 1. The second-order valence-corrected chi connectivity index (χ2v) is 7.48. The minimum Gasteiger partial charge on any atom is -0.452 e. The Morgan fingerprint density at radius 2 is 1.71 bits per heavy atom. The number of carbonyl (C=O) groups excluding carboxylic acids is 2. The van der Waals surface area contributed by atoms with Crippen molar-refractivity contribution in [3.05, 3.63) is 52.3 Å². The van der Waals surface area contributed by atoms with E-state index in [9.17, 15) is 9.59 Å². The molecule has 0 atom stereocenters. The van der Waals surface area contributed by atoms with Crippen LogP contribution in [0.15, 0.2) is 30.3 Å². The van der Waals surface area contributed by atoms with Gasteiger partial charge in [0, 0.05) is 13.1 Å². The summed E-state index contributed by atoms with van der Waals surface area (Å²) in [6.45, 7) is 3.36. The van der Waals surface area contributed by atoms with Gasteiger partial charge < -0.3 is 9.64 Å². The van der Waals surface area contributed by atoms with E-state index in [0.717, 1.165) is 44.3 Å². The molecule has 1 aliphatic rings. The topological polar surface area (TPSA) is 64.4 Å². The van der Waals surface area contributed by atoms with E-state index in [0.29, 0.717) is 12.2 Å². The fourth-order valence-corrected chi connectivity index (χ4v) is 3.75. The van der Waals surface area contributed by atoms with Crippen LogP contribution in [0.5, 0.6) is 0 Å². The van der Waals surface area contributed by atoms with Gasteiger partial charge in [-0.2, -0.15) is 5.10 Å². The first-order chi connectivity index (χ1) is 13.6. The lowest BCUT2D eigenvalue weighted by atomic mass is 10.1. The number of carbonyl (C=O) groups is 2. The van der Waals surface area contributed by atoms with Gasteiger partial charge in [-0.05, 0) is 25.3 Å². The molecule has 1 amide bonds. The Morgan fingerprint density at radius 1 is 1.07 bits per heavy atom. The normalized spacial score (nSPS) is 15.0. The van der Waals surface area contributed by atoms with Crippen LogP contribution in [0.25, 0.3) is 0 Å². The van der Waals surface area contributed by atoms with Gasteiger partial charge in [0.15, 0.2) is 6.61 Å². The number of aromatic nitrogens is 2. The van der Waals surface area contributed by atoms with E-state index in [2.05, 4.69) is 5.10 Å². The van der Waals surface area contributed by atoms with Crippen LogP contribution in [0.3, 0.4) is 0 Å². The van der Waals surface area contributed by atoms with Crippen LogP contribution in [0, 0.1) is 6.92 Å². The van der Waals surface area contributed by atoms with E-state index in [4.69, 9.17) is 16.3 Å². The van der Waals surface area contributed by atoms with E-state index < -0.39 is 5.97 Å². The first kappa shape index (κ1) is 20.4. The lowest BCUT2D eigenvalue weighted by Gasteiger charge is -2.24. The number of benzene rings is 1. The number of hydrogen-bond donors (Lipinski definition) is 0. The predicted octanol–water partition coefficient (Wildman–Crippen LogP) is 3.84. The molecular weight excluding hydrogens is 378 g/mol. The van der Waals surface area contributed by atoms with Crippen LogP contribution in [0.4, 0.5) is 0 Å². The average Bonchev–Trinajstić information content (AvgIpc) is 2.93. The van der Waals surface area contributed by atoms with E-state index in [1.807, 2.05) is 30.3 Å². The Hall–Kier alpha value is -2.34. The molecule has 6 nitrogen and oxygen atoms in total. The maximum Gasteiger partial charge on any atom is 0.343 e. The molecule has 0 aliphatic carbocycles. The monoisotopic (exact) mass is 403 g/mol. The zero-order chi connectivity index (χ0) is 19.9. The molecule has 1 aliphatic heterocycles. The number of rotatable bonds is 5. The highest BCUT2D eigenvalue weighted by Crippen LogP contribution is 2.22. The number of likely N-dealkylation sites (tertiary alicyclic amines) is 1. The third-order valence-electron chi connectivity index (χ3n) is 4.98. The molecule has 3 rings (SSSR count). The van der Waals surface area contributed by atoms with Gasteiger partial charge in [0.1, 0.15) is 10.7 Å². The fourth-order valence-electron chi connectivity index (χ4n) is 3.43. The highest BCUT2D eigenvalue weighted by atomic mass is 35.5. The smallest absolute Gasteiger partial charge is 0.343 e. The number of amides is 1. The third-order valence-corrected chi connectivity index (χ3v) is 5.36. The number of nitrogens with zero attached hydrogens (tertiary/aromatic N) is 3. The standard InChI is InChI=1S/C21H26ClN3O3/c1-16-19(20(22)25(23-16)14-17-10-6-5-7-11-17)21(27)28-15-18(26)24-12-8-3-2-4-9-13-24/h5-7,10-11H,2-4,8-9,12-15H2,1H3. The molecule has 0 N–H and O–H groups in total. The first-order valence-electron chi connectivity index (χ1n) is 9.78. The Morgan fingerprint density at radius 3 is 2.39 bits per heavy atom. The molecule has 0 spiro atoms. The van der Waals surface area contributed by atoms with Crippen LogP contribution >= 0.6 is 11.6 Å². The van der Waals surface area contributed by atoms with Crippen molar-refractivity contribution in [2.24, 2.45) is 0 Å². The summed E-state index contributed by atoms with van der Waals surface area (Å²) in [7, 11) is 0. The summed E-state index contributed by atoms with van der Waals surface area (Å²) in [5.74, 6) is -0.761. The van der Waals surface area contributed by atoms with Crippen molar-refractivity contribution in [1.82, 2.24) is 14.7 Å². The van der Waals surface area contributed by atoms with Crippen molar-refractivity contribution in [2.75, 3.05) is 19.7 Å². The molecule has 1 fully saturated rings. The molecule has 0 unspecified atom stereocenters. The molecular formula is C21H26ClN3O3. The summed E-state index contributed by atoms with van der Waals surface area (Å²) in [6.07, 6.45) is 5.49. The van der Waals surface area contributed by atoms with Crippen molar-refractivity contribution < 1.29 is 14.3 Å². The van der Waals surface area contributed by atoms with Gasteiger partial charge in [0.05, 0.1) is 12.2 Å². The van der Waals surface area contributed by atoms with Gasteiger partial charge in [-0.25, -0.2) is 9.48 Å². The highest BCUT2D eigenvalue weighted by Gasteiger charge is 2.24. The summed E-state index contributed by atoms with van der Waals surface area (Å²) in [5.41, 5.74) is 1.74. The van der Waals surface area contributed by atoms with Crippen molar-refractivity contribution in [3.63, 3.8) is 0 Å². The molecule has 28 heavy (non-hydrogen) atoms. The third kappa shape index (κ3) is 5.13. The summed E-state index contributed by atoms with van der Waals surface area (Å²) < 4.78 is 6.84. The molecule has 2 aromatic rings. The van der Waals surface area contributed by atoms with Crippen molar-refractivity contribution in [2.45, 2.75) is 45.6 Å². The Labute approximate surface area is 170 Å². The maximum atomic E-state index is 12.5. The average molecular weight is 404 g/mol. The first-order valence-corrected chi connectivity index (χ1v) is 10.2. The summed E-state index contributed by atoms with van der Waals surface area (Å²) in [5, 5.41) is 4.58. The zero-order valence-electron chi connectivity index (χ0n) is 16.2. The SMILES string of the molecule is Cc1nn(Cc2ccccc2)c(Cl)c1C(=O)OCC(=O)N1CCCCCCC1. The zero-order valence-corrected chi connectivity index (χ0v) is 17.0. The molecule has 7 heteroatoms. The Bertz CT molecular complexity index is 812. The second kappa shape index (κ2) is 9.73. The predicted molar refractivity (Wildman–Crippen MR) is 107 cm³/mol. The maximum absolute atomic E-state index is 12.5. The second-order valence-electron chi connectivity index (χ2n) is 7.12. The van der Waals surface area contributed by atoms with E-state index in [1.165, 1.54) is 6.42 Å². The highest BCUT2D eigenvalue weighted by molar-refractivity contribution is 6.32. The van der Waals surface area contributed by atoms with Crippen molar-refractivity contribution in [1.29, 1.82) is 0 Å². The van der Waals surface area contributed by atoms with Crippen molar-refractivity contribution in [3.8, 4) is 0 Å². The summed E-state index contributed by atoms with van der Waals surface area (Å²) in [4.78, 5) is 26.7. The Balaban J connectivity index is 1.61. The summed E-state index contributed by atoms with van der Waals surface area (Å²) in [6, 6.07) is 9.74. The van der Waals surface area contributed by atoms with Crippen molar-refractivity contribution >= 4 is 23.5 Å². The molecule has 150 valence electrons. The van der Waals surface area contributed by atoms with Gasteiger partial charge in [0.25, 0.3) is 5.91 Å². The number of halogens is 1. The largest absolute Gasteiger partial charge is 0.452 e. The molecule has 0 radical (unpaired) electrons.